The van der Waals surface area contributed by atoms with Gasteiger partial charge in [0.15, 0.2) is 0 Å². The number of hydrogen-bond donors (Lipinski definition) is 0. The lowest BCUT2D eigenvalue weighted by Crippen LogP contribution is -1.85. The summed E-state index contributed by atoms with van der Waals surface area (Å²) in [5, 5.41) is 0.707. The number of nitrogens with zero attached hydrogens (tertiary/aromatic N) is 1. The molecule has 0 aliphatic rings. The largest absolute Gasteiger partial charge is 0.280 e. The number of rotatable bonds is 2. The highest BCUT2D eigenvalue weighted by molar-refractivity contribution is 6.33. The van der Waals surface area contributed by atoms with E-state index in [9.17, 15) is 0 Å². The molecule has 20 heavy (non-hydrogen) atoms. The predicted molar refractivity (Wildman–Crippen MR) is 86.7 cm³/mol. The summed E-state index contributed by atoms with van der Waals surface area (Å²) in [7, 11) is 0. The molecule has 0 fully saturated rings. The Morgan fingerprint density at radius 2 is 1.95 bits per heavy atom. The lowest BCUT2D eigenvalue weighted by atomic mass is 10.1. The van der Waals surface area contributed by atoms with E-state index in [1.807, 2.05) is 24.3 Å². The average molecular weight is 282 g/mol. The molecule has 2 aromatic carbocycles. The maximum absolute atomic E-state index is 6.04. The second-order valence-electron chi connectivity index (χ2n) is 4.61. The molecule has 0 aliphatic carbocycles. The third-order valence-electron chi connectivity index (χ3n) is 2.91. The van der Waals surface area contributed by atoms with Gasteiger partial charge in [-0.15, -0.1) is 0 Å². The molecular weight excluding hydrogens is 266 g/mol. The Kier molecular flexibility index (Phi) is 4.98. The zero-order valence-corrected chi connectivity index (χ0v) is 12.4. The third kappa shape index (κ3) is 3.98. The van der Waals surface area contributed by atoms with Crippen LogP contribution in [0.1, 0.15) is 22.3 Å². The lowest BCUT2D eigenvalue weighted by molar-refractivity contribution is 1.30. The summed E-state index contributed by atoms with van der Waals surface area (Å²) in [5.41, 5.74) is 4.43. The van der Waals surface area contributed by atoms with E-state index in [1.54, 1.807) is 6.21 Å². The van der Waals surface area contributed by atoms with Crippen LogP contribution in [-0.4, -0.2) is 12.8 Å². The molecule has 2 rings (SSSR count). The fourth-order valence-electron chi connectivity index (χ4n) is 1.86. The van der Waals surface area contributed by atoms with Crippen molar-refractivity contribution >= 4 is 17.8 Å². The molecule has 0 aliphatic heterocycles. The monoisotopic (exact) mass is 281 g/mol. The second-order valence-corrected chi connectivity index (χ2v) is 5.02. The molecule has 0 atom stereocenters. The van der Waals surface area contributed by atoms with Gasteiger partial charge in [-0.1, -0.05) is 59.3 Å². The van der Waals surface area contributed by atoms with E-state index < -0.39 is 0 Å². The molecular formula is C18H16ClN. The molecule has 2 aromatic rings. The van der Waals surface area contributed by atoms with E-state index in [0.29, 0.717) is 11.6 Å². The number of hydrogen-bond acceptors (Lipinski definition) is 1. The van der Waals surface area contributed by atoms with Crippen molar-refractivity contribution in [2.24, 2.45) is 4.99 Å². The van der Waals surface area contributed by atoms with Crippen molar-refractivity contribution < 1.29 is 0 Å². The molecule has 1 nitrogen and oxygen atoms in total. The molecule has 0 bridgehead atoms. The molecule has 0 heterocycles. The summed E-state index contributed by atoms with van der Waals surface area (Å²) in [4.78, 5) is 4.28. The number of benzene rings is 2. The highest BCUT2D eigenvalue weighted by atomic mass is 35.5. The van der Waals surface area contributed by atoms with Gasteiger partial charge in [-0.3, -0.25) is 4.99 Å². The summed E-state index contributed by atoms with van der Waals surface area (Å²) in [6, 6.07) is 13.9. The minimum absolute atomic E-state index is 0.471. The van der Waals surface area contributed by atoms with Crippen molar-refractivity contribution in [1.29, 1.82) is 0 Å². The van der Waals surface area contributed by atoms with Crippen LogP contribution in [0.4, 0.5) is 0 Å². The van der Waals surface area contributed by atoms with Crippen LogP contribution in [0.2, 0.25) is 5.02 Å². The van der Waals surface area contributed by atoms with Gasteiger partial charge in [0.25, 0.3) is 0 Å². The summed E-state index contributed by atoms with van der Waals surface area (Å²) in [6.07, 6.45) is 1.76. The molecule has 0 radical (unpaired) electrons. The zero-order valence-electron chi connectivity index (χ0n) is 11.7. The van der Waals surface area contributed by atoms with E-state index in [-0.39, 0.29) is 0 Å². The van der Waals surface area contributed by atoms with E-state index in [2.05, 4.69) is 48.9 Å². The van der Waals surface area contributed by atoms with Crippen molar-refractivity contribution in [2.75, 3.05) is 6.54 Å². The van der Waals surface area contributed by atoms with Gasteiger partial charge in [0.05, 0.1) is 0 Å². The Labute approximate surface area is 125 Å². The van der Waals surface area contributed by atoms with Crippen LogP contribution in [0.5, 0.6) is 0 Å². The minimum Gasteiger partial charge on any atom is -0.280 e. The van der Waals surface area contributed by atoms with Gasteiger partial charge in [0.2, 0.25) is 0 Å². The molecule has 0 saturated carbocycles. The van der Waals surface area contributed by atoms with Crippen LogP contribution in [-0.2, 0) is 0 Å². The molecule has 100 valence electrons. The van der Waals surface area contributed by atoms with Crippen molar-refractivity contribution in [3.05, 3.63) is 69.7 Å². The standard InChI is InChI=1S/C18H16ClN/c1-14-9-10-16(15(2)12-14)7-5-11-20-13-17-6-3-4-8-18(17)19/h3-4,6,8-10,12-13H,11H2,1-2H3/b20-13+. The summed E-state index contributed by atoms with van der Waals surface area (Å²) < 4.78 is 0. The number of halogens is 1. The van der Waals surface area contributed by atoms with Crippen molar-refractivity contribution in [2.45, 2.75) is 13.8 Å². The molecule has 0 N–H and O–H groups in total. The fourth-order valence-corrected chi connectivity index (χ4v) is 2.04. The van der Waals surface area contributed by atoms with Crippen LogP contribution in [0.25, 0.3) is 0 Å². The summed E-state index contributed by atoms with van der Waals surface area (Å²) in [6.45, 7) is 4.63. The Bertz CT molecular complexity index is 690. The molecule has 0 spiro atoms. The first-order valence-corrected chi connectivity index (χ1v) is 6.85. The molecule has 0 aromatic heterocycles. The minimum atomic E-state index is 0.471. The maximum atomic E-state index is 6.04. The normalized spacial score (nSPS) is 10.3. The molecule has 2 heteroatoms. The predicted octanol–water partition coefficient (Wildman–Crippen LogP) is 4.43. The van der Waals surface area contributed by atoms with Crippen LogP contribution in [0, 0.1) is 25.7 Å². The first-order valence-electron chi connectivity index (χ1n) is 6.47. The highest BCUT2D eigenvalue weighted by Gasteiger charge is 1.94. The maximum Gasteiger partial charge on any atom is 0.100 e. The van der Waals surface area contributed by atoms with Crippen molar-refractivity contribution in [3.63, 3.8) is 0 Å². The first-order chi connectivity index (χ1) is 9.66. The smallest absolute Gasteiger partial charge is 0.100 e. The lowest BCUT2D eigenvalue weighted by Gasteiger charge is -1.98. The van der Waals surface area contributed by atoms with E-state index in [4.69, 9.17) is 11.6 Å². The van der Waals surface area contributed by atoms with E-state index in [0.717, 1.165) is 11.1 Å². The Morgan fingerprint density at radius 1 is 1.15 bits per heavy atom. The van der Waals surface area contributed by atoms with Gasteiger partial charge in [-0.25, -0.2) is 0 Å². The highest BCUT2D eigenvalue weighted by Crippen LogP contribution is 2.12. The Balaban J connectivity index is 2.00. The van der Waals surface area contributed by atoms with E-state index in [1.165, 1.54) is 11.1 Å². The van der Waals surface area contributed by atoms with Gasteiger partial charge in [-0.05, 0) is 31.5 Å². The van der Waals surface area contributed by atoms with E-state index >= 15 is 0 Å². The van der Waals surface area contributed by atoms with Crippen LogP contribution in [0.3, 0.4) is 0 Å². The van der Waals surface area contributed by atoms with Crippen molar-refractivity contribution in [3.8, 4) is 11.8 Å². The zero-order chi connectivity index (χ0) is 14.4. The summed E-state index contributed by atoms with van der Waals surface area (Å²) in [5.74, 6) is 6.20. The first kappa shape index (κ1) is 14.4. The number of aliphatic imine (C=N–C) groups is 1. The van der Waals surface area contributed by atoms with Crippen LogP contribution in [0.15, 0.2) is 47.5 Å². The quantitative estimate of drug-likeness (QED) is 0.570. The van der Waals surface area contributed by atoms with Crippen LogP contribution >= 0.6 is 11.6 Å². The fraction of sp³-hybridized carbons (Fsp3) is 0.167. The van der Waals surface area contributed by atoms with Gasteiger partial charge < -0.3 is 0 Å². The summed E-state index contributed by atoms with van der Waals surface area (Å²) >= 11 is 6.04. The number of aryl methyl sites for hydroxylation is 2. The second kappa shape index (κ2) is 6.93. The Morgan fingerprint density at radius 3 is 2.70 bits per heavy atom. The third-order valence-corrected chi connectivity index (χ3v) is 3.26. The molecule has 0 amide bonds. The van der Waals surface area contributed by atoms with Gasteiger partial charge in [-0.2, -0.15) is 0 Å². The van der Waals surface area contributed by atoms with Gasteiger partial charge in [0.1, 0.15) is 6.54 Å². The molecule has 0 unspecified atom stereocenters. The van der Waals surface area contributed by atoms with Crippen molar-refractivity contribution in [1.82, 2.24) is 0 Å². The topological polar surface area (TPSA) is 12.4 Å². The van der Waals surface area contributed by atoms with Crippen LogP contribution < -0.4 is 0 Å². The SMILES string of the molecule is Cc1ccc(C#CC/N=C/c2ccccc2Cl)c(C)c1. The average Bonchev–Trinajstić information content (AvgIpc) is 2.42. The van der Waals surface area contributed by atoms with Gasteiger partial charge >= 0.3 is 0 Å². The Hall–Kier alpha value is -2.04. The van der Waals surface area contributed by atoms with Gasteiger partial charge in [0, 0.05) is 22.4 Å². The molecule has 0 saturated heterocycles.